The fourth-order valence-electron chi connectivity index (χ4n) is 6.18. The molecule has 1 aromatic heterocycles. The molecule has 0 saturated carbocycles. The molecule has 0 aliphatic rings. The normalized spacial score (nSPS) is 14.5. The highest BCUT2D eigenvalue weighted by atomic mass is 16.5. The number of carbonyl (C=O) groups excluding carboxylic acids is 1. The monoisotopic (exact) mass is 678 g/mol. The lowest BCUT2D eigenvalue weighted by atomic mass is 9.80. The summed E-state index contributed by atoms with van der Waals surface area (Å²) in [6, 6.07) is 13.8. The molecule has 3 aromatic rings. The highest BCUT2D eigenvalue weighted by molar-refractivity contribution is 5.79. The van der Waals surface area contributed by atoms with Gasteiger partial charge in [0.05, 0.1) is 19.9 Å². The molecule has 0 spiro atoms. The molecule has 0 radical (unpaired) electrons. The van der Waals surface area contributed by atoms with Crippen LogP contribution in [0.3, 0.4) is 0 Å². The number of rotatable bonds is 21. The van der Waals surface area contributed by atoms with Gasteiger partial charge in [0, 0.05) is 62.2 Å². The number of carbonyl (C=O) groups is 1. The third-order valence-electron chi connectivity index (χ3n) is 9.40. The zero-order valence-corrected chi connectivity index (χ0v) is 31.4. The number of nitrogens with zero attached hydrogens (tertiary/aromatic N) is 3. The number of amides is 1. The Morgan fingerprint density at radius 2 is 1.69 bits per heavy atom. The smallest absolute Gasteiger partial charge is 0.223 e. The average molecular weight is 679 g/mol. The molecular formula is C39H62N6O4. The van der Waals surface area contributed by atoms with Crippen LogP contribution in [0.25, 0.3) is 11.3 Å². The zero-order chi connectivity index (χ0) is 36.1. The van der Waals surface area contributed by atoms with Crippen molar-refractivity contribution >= 4 is 5.91 Å². The summed E-state index contributed by atoms with van der Waals surface area (Å²) in [4.78, 5) is 13.6. The van der Waals surface area contributed by atoms with Gasteiger partial charge < -0.3 is 31.0 Å². The molecule has 10 heteroatoms. The minimum Gasteiger partial charge on any atom is -0.493 e. The number of methoxy groups -OCH3 is 2. The van der Waals surface area contributed by atoms with Crippen molar-refractivity contribution in [2.75, 3.05) is 34.0 Å². The number of aryl methyl sites for hydroxylation is 1. The Kier molecular flexibility index (Phi) is 15.5. The van der Waals surface area contributed by atoms with Crippen molar-refractivity contribution in [3.63, 3.8) is 0 Å². The Bertz CT molecular complexity index is 1440. The number of ether oxygens (including phenoxy) is 3. The standard InChI is InChI=1S/C39H62N6O4/c1-26(2)31(19-29-14-15-36(48-9)37(20-29)49-17-11-16-47-8)21-33(40)34(41)22-32(27(3)4)38(46)42-24-39(6,7)25-45-23-35(43-44-45)30-13-10-12-28(5)18-30/h10,12-15,18,20,23,26-27,31-34H,11,16-17,19,21-22,24-25,40-41H2,1-9H3,(H,42,46)/t31-,32-,33-,34-/m0/s1. The van der Waals surface area contributed by atoms with Gasteiger partial charge in [-0.05, 0) is 67.7 Å². The van der Waals surface area contributed by atoms with Gasteiger partial charge in [0.25, 0.3) is 0 Å². The van der Waals surface area contributed by atoms with Crippen molar-refractivity contribution in [3.8, 4) is 22.8 Å². The maximum absolute atomic E-state index is 13.6. The van der Waals surface area contributed by atoms with Crippen LogP contribution in [-0.4, -0.2) is 67.0 Å². The number of nitrogens with two attached hydrogens (primary N) is 2. The first-order valence-corrected chi connectivity index (χ1v) is 17.8. The van der Waals surface area contributed by atoms with Gasteiger partial charge in [-0.2, -0.15) is 0 Å². The Hall–Kier alpha value is -3.47. The highest BCUT2D eigenvalue weighted by Gasteiger charge is 2.30. The molecule has 0 saturated heterocycles. The van der Waals surface area contributed by atoms with Crippen molar-refractivity contribution < 1.29 is 19.0 Å². The number of hydrogen-bond acceptors (Lipinski definition) is 8. The second kappa shape index (κ2) is 19.1. The molecule has 4 atom stereocenters. The van der Waals surface area contributed by atoms with Gasteiger partial charge in [-0.3, -0.25) is 9.48 Å². The van der Waals surface area contributed by atoms with Crippen LogP contribution < -0.4 is 26.3 Å². The lowest BCUT2D eigenvalue weighted by Crippen LogP contribution is -2.48. The summed E-state index contributed by atoms with van der Waals surface area (Å²) in [5, 5.41) is 11.9. The maximum Gasteiger partial charge on any atom is 0.223 e. The highest BCUT2D eigenvalue weighted by Crippen LogP contribution is 2.32. The predicted octanol–water partition coefficient (Wildman–Crippen LogP) is 6.04. The predicted molar refractivity (Wildman–Crippen MR) is 198 cm³/mol. The molecule has 0 aliphatic heterocycles. The van der Waals surface area contributed by atoms with Gasteiger partial charge in [-0.1, -0.05) is 76.6 Å². The minimum absolute atomic E-state index is 0.0152. The summed E-state index contributed by atoms with van der Waals surface area (Å²) < 4.78 is 18.5. The van der Waals surface area contributed by atoms with E-state index in [0.717, 1.165) is 36.3 Å². The van der Waals surface area contributed by atoms with E-state index < -0.39 is 0 Å². The summed E-state index contributed by atoms with van der Waals surface area (Å²) in [7, 11) is 3.34. The van der Waals surface area contributed by atoms with E-state index in [4.69, 9.17) is 25.7 Å². The van der Waals surface area contributed by atoms with Crippen molar-refractivity contribution in [1.82, 2.24) is 20.3 Å². The molecule has 0 unspecified atom stereocenters. The van der Waals surface area contributed by atoms with Crippen LogP contribution in [-0.2, 0) is 22.5 Å². The zero-order valence-electron chi connectivity index (χ0n) is 31.4. The fraction of sp³-hybridized carbons (Fsp3) is 0.615. The Morgan fingerprint density at radius 3 is 2.35 bits per heavy atom. The fourth-order valence-corrected chi connectivity index (χ4v) is 6.18. The third kappa shape index (κ3) is 12.7. The largest absolute Gasteiger partial charge is 0.493 e. The van der Waals surface area contributed by atoms with E-state index in [-0.39, 0.29) is 35.2 Å². The molecule has 0 aliphatic carbocycles. The van der Waals surface area contributed by atoms with Crippen LogP contribution in [0.1, 0.15) is 71.9 Å². The minimum atomic E-state index is -0.307. The third-order valence-corrected chi connectivity index (χ3v) is 9.40. The van der Waals surface area contributed by atoms with Crippen molar-refractivity contribution in [2.45, 2.75) is 92.8 Å². The van der Waals surface area contributed by atoms with Crippen LogP contribution in [0.15, 0.2) is 48.7 Å². The number of hydrogen-bond donors (Lipinski definition) is 3. The maximum atomic E-state index is 13.6. The Morgan fingerprint density at radius 1 is 0.959 bits per heavy atom. The molecule has 10 nitrogen and oxygen atoms in total. The number of benzene rings is 2. The molecule has 2 aromatic carbocycles. The average Bonchev–Trinajstić information content (AvgIpc) is 3.51. The first-order chi connectivity index (χ1) is 23.2. The SMILES string of the molecule is COCCCOc1cc(C[C@@H](C[C@H](N)[C@@H](N)C[C@H](C(=O)NCC(C)(C)Cn2cc(-c3cccc(C)c3)nn2)C(C)C)C(C)C)ccc1OC. The molecule has 1 heterocycles. The summed E-state index contributed by atoms with van der Waals surface area (Å²) in [5.41, 5.74) is 17.5. The van der Waals surface area contributed by atoms with E-state index >= 15 is 0 Å². The summed E-state index contributed by atoms with van der Waals surface area (Å²) in [5.74, 6) is 2.06. The Balaban J connectivity index is 1.57. The van der Waals surface area contributed by atoms with E-state index in [1.165, 1.54) is 11.1 Å². The summed E-state index contributed by atoms with van der Waals surface area (Å²) in [6.07, 6.45) is 4.90. The molecule has 1 amide bonds. The van der Waals surface area contributed by atoms with Crippen LogP contribution in [0.4, 0.5) is 0 Å². The lowest BCUT2D eigenvalue weighted by Gasteiger charge is -2.31. The van der Waals surface area contributed by atoms with E-state index in [2.05, 4.69) is 88.4 Å². The molecule has 49 heavy (non-hydrogen) atoms. The molecular weight excluding hydrogens is 616 g/mol. The van der Waals surface area contributed by atoms with Gasteiger partial charge in [0.2, 0.25) is 5.91 Å². The van der Waals surface area contributed by atoms with Gasteiger partial charge in [-0.15, -0.1) is 5.10 Å². The first kappa shape index (κ1) is 40.0. The van der Waals surface area contributed by atoms with Gasteiger partial charge in [0.15, 0.2) is 11.5 Å². The van der Waals surface area contributed by atoms with Crippen LogP contribution in [0, 0.1) is 36.0 Å². The second-order valence-corrected chi connectivity index (χ2v) is 15.1. The van der Waals surface area contributed by atoms with E-state index in [1.807, 2.05) is 29.1 Å². The van der Waals surface area contributed by atoms with Crippen LogP contribution >= 0.6 is 0 Å². The van der Waals surface area contributed by atoms with E-state index in [9.17, 15) is 4.79 Å². The second-order valence-electron chi connectivity index (χ2n) is 15.1. The van der Waals surface area contributed by atoms with Crippen molar-refractivity contribution in [1.29, 1.82) is 0 Å². The number of aromatic nitrogens is 3. The van der Waals surface area contributed by atoms with E-state index in [1.54, 1.807) is 14.2 Å². The topological polar surface area (TPSA) is 140 Å². The van der Waals surface area contributed by atoms with Crippen molar-refractivity contribution in [3.05, 3.63) is 59.8 Å². The first-order valence-electron chi connectivity index (χ1n) is 17.8. The molecule has 0 fully saturated rings. The molecule has 0 bridgehead atoms. The quantitative estimate of drug-likeness (QED) is 0.116. The molecule has 3 rings (SSSR count). The van der Waals surface area contributed by atoms with Crippen LogP contribution in [0.5, 0.6) is 11.5 Å². The lowest BCUT2D eigenvalue weighted by molar-refractivity contribution is -0.127. The summed E-state index contributed by atoms with van der Waals surface area (Å²) >= 11 is 0. The van der Waals surface area contributed by atoms with E-state index in [0.29, 0.717) is 50.3 Å². The van der Waals surface area contributed by atoms with Gasteiger partial charge in [0.1, 0.15) is 5.69 Å². The Labute approximate surface area is 294 Å². The molecule has 5 N–H and O–H groups in total. The van der Waals surface area contributed by atoms with Gasteiger partial charge in [-0.25, -0.2) is 0 Å². The molecule has 272 valence electrons. The number of nitrogens with one attached hydrogen (secondary N) is 1. The van der Waals surface area contributed by atoms with Gasteiger partial charge >= 0.3 is 0 Å². The van der Waals surface area contributed by atoms with Crippen LogP contribution in [0.2, 0.25) is 0 Å². The summed E-state index contributed by atoms with van der Waals surface area (Å²) in [6.45, 7) is 17.2. The van der Waals surface area contributed by atoms with Crippen molar-refractivity contribution in [2.24, 2.45) is 40.6 Å².